The molecular formula is C24H40N2O2. The van der Waals surface area contributed by atoms with E-state index in [0.717, 1.165) is 58.0 Å². The summed E-state index contributed by atoms with van der Waals surface area (Å²) in [5.74, 6) is 0.810. The van der Waals surface area contributed by atoms with E-state index < -0.39 is 0 Å². The third-order valence-corrected chi connectivity index (χ3v) is 6.61. The molecule has 0 amide bonds. The summed E-state index contributed by atoms with van der Waals surface area (Å²) in [6.45, 7) is 13.5. The van der Waals surface area contributed by atoms with E-state index in [-0.39, 0.29) is 6.10 Å². The Bertz CT molecular complexity index is 556. The molecule has 1 aromatic carbocycles. The van der Waals surface area contributed by atoms with E-state index in [1.807, 2.05) is 0 Å². The highest BCUT2D eigenvalue weighted by Crippen LogP contribution is 2.38. The Morgan fingerprint density at radius 2 is 1.57 bits per heavy atom. The second-order valence-corrected chi connectivity index (χ2v) is 9.89. The van der Waals surface area contributed by atoms with Crippen molar-refractivity contribution in [1.29, 1.82) is 0 Å². The van der Waals surface area contributed by atoms with Gasteiger partial charge in [-0.05, 0) is 42.6 Å². The van der Waals surface area contributed by atoms with Crippen molar-refractivity contribution in [2.45, 2.75) is 65.2 Å². The van der Waals surface area contributed by atoms with Crippen molar-refractivity contribution in [2.75, 3.05) is 39.3 Å². The number of hydrogen-bond acceptors (Lipinski definition) is 4. The molecule has 0 aromatic heterocycles. The van der Waals surface area contributed by atoms with Crippen LogP contribution in [0.15, 0.2) is 30.3 Å². The summed E-state index contributed by atoms with van der Waals surface area (Å²) in [5, 5.41) is 10.4. The van der Waals surface area contributed by atoms with E-state index in [0.29, 0.717) is 18.1 Å². The minimum absolute atomic E-state index is 0.343. The standard InChI is InChI=1S/C24H40N2O2/c1-24(2,3)21-9-11-23(12-10-21)28-19-22(27)18-26-15-13-25(14-16-26)17-20-7-5-4-6-8-20/h4-8,21-23,27H,9-19H2,1-3H3/t21?,22-,23?/m0/s1. The molecular weight excluding hydrogens is 348 g/mol. The SMILES string of the molecule is CC(C)(C)C1CCC(OC[C@@H](O)CN2CCN(Cc3ccccc3)CC2)CC1. The molecule has 1 saturated carbocycles. The van der Waals surface area contributed by atoms with Crippen molar-refractivity contribution < 1.29 is 9.84 Å². The van der Waals surface area contributed by atoms with Gasteiger partial charge in [0.05, 0.1) is 18.8 Å². The Balaban J connectivity index is 1.29. The fourth-order valence-electron chi connectivity index (χ4n) is 4.67. The van der Waals surface area contributed by atoms with Crippen LogP contribution in [-0.2, 0) is 11.3 Å². The average molecular weight is 389 g/mol. The molecule has 1 aromatic rings. The number of rotatable bonds is 7. The Hall–Kier alpha value is -0.940. The molecule has 1 atom stereocenters. The van der Waals surface area contributed by atoms with Gasteiger partial charge in [-0.1, -0.05) is 51.1 Å². The predicted octanol–water partition coefficient (Wildman–Crippen LogP) is 3.79. The fourth-order valence-corrected chi connectivity index (χ4v) is 4.67. The molecule has 4 nitrogen and oxygen atoms in total. The van der Waals surface area contributed by atoms with Crippen LogP contribution in [0.1, 0.15) is 52.0 Å². The first-order valence-electron chi connectivity index (χ1n) is 11.2. The highest BCUT2D eigenvalue weighted by atomic mass is 16.5. The molecule has 1 aliphatic heterocycles. The van der Waals surface area contributed by atoms with Gasteiger partial charge in [0, 0.05) is 39.3 Å². The van der Waals surface area contributed by atoms with Crippen molar-refractivity contribution in [3.05, 3.63) is 35.9 Å². The lowest BCUT2D eigenvalue weighted by Crippen LogP contribution is -2.48. The van der Waals surface area contributed by atoms with Crippen LogP contribution < -0.4 is 0 Å². The summed E-state index contributed by atoms with van der Waals surface area (Å²) in [6.07, 6.45) is 4.78. The molecule has 4 heteroatoms. The number of aliphatic hydroxyl groups excluding tert-OH is 1. The summed E-state index contributed by atoms with van der Waals surface area (Å²) < 4.78 is 6.06. The molecule has 1 N–H and O–H groups in total. The largest absolute Gasteiger partial charge is 0.389 e. The van der Waals surface area contributed by atoms with Crippen molar-refractivity contribution in [3.8, 4) is 0 Å². The highest BCUT2D eigenvalue weighted by molar-refractivity contribution is 5.14. The van der Waals surface area contributed by atoms with Gasteiger partial charge in [-0.2, -0.15) is 0 Å². The normalized spacial score (nSPS) is 26.3. The number of piperazine rings is 1. The molecule has 0 unspecified atom stereocenters. The van der Waals surface area contributed by atoms with E-state index in [4.69, 9.17) is 4.74 Å². The van der Waals surface area contributed by atoms with E-state index in [9.17, 15) is 5.11 Å². The Morgan fingerprint density at radius 3 is 2.18 bits per heavy atom. The average Bonchev–Trinajstić information content (AvgIpc) is 2.68. The van der Waals surface area contributed by atoms with Gasteiger partial charge in [0.1, 0.15) is 0 Å². The number of β-amino-alcohol motifs (C(OH)–C–C–N with tert-alkyl or cyclic N) is 1. The third kappa shape index (κ3) is 6.84. The first-order valence-corrected chi connectivity index (χ1v) is 11.2. The topological polar surface area (TPSA) is 35.9 Å². The lowest BCUT2D eigenvalue weighted by Gasteiger charge is -2.37. The van der Waals surface area contributed by atoms with E-state index in [1.165, 1.54) is 18.4 Å². The van der Waals surface area contributed by atoms with Gasteiger partial charge in [-0.15, -0.1) is 0 Å². The van der Waals surface area contributed by atoms with Crippen molar-refractivity contribution >= 4 is 0 Å². The van der Waals surface area contributed by atoms with Crippen LogP contribution in [0.25, 0.3) is 0 Å². The highest BCUT2D eigenvalue weighted by Gasteiger charge is 2.30. The number of nitrogens with zero attached hydrogens (tertiary/aromatic N) is 2. The molecule has 28 heavy (non-hydrogen) atoms. The Morgan fingerprint density at radius 1 is 0.964 bits per heavy atom. The van der Waals surface area contributed by atoms with Crippen molar-refractivity contribution in [3.63, 3.8) is 0 Å². The maximum atomic E-state index is 10.4. The molecule has 0 radical (unpaired) electrons. The second kappa shape index (κ2) is 10.2. The predicted molar refractivity (Wildman–Crippen MR) is 115 cm³/mol. The van der Waals surface area contributed by atoms with Gasteiger partial charge >= 0.3 is 0 Å². The van der Waals surface area contributed by atoms with Crippen molar-refractivity contribution in [2.24, 2.45) is 11.3 Å². The fraction of sp³-hybridized carbons (Fsp3) is 0.750. The van der Waals surface area contributed by atoms with Crippen LogP contribution in [-0.4, -0.2) is 66.4 Å². The summed E-state index contributed by atoms with van der Waals surface area (Å²) in [6, 6.07) is 10.7. The number of ether oxygens (including phenoxy) is 1. The van der Waals surface area contributed by atoms with Gasteiger partial charge in [0.15, 0.2) is 0 Å². The number of hydrogen-bond donors (Lipinski definition) is 1. The van der Waals surface area contributed by atoms with Gasteiger partial charge in [-0.3, -0.25) is 9.80 Å². The quantitative estimate of drug-likeness (QED) is 0.771. The lowest BCUT2D eigenvalue weighted by molar-refractivity contribution is -0.0473. The minimum atomic E-state index is -0.374. The van der Waals surface area contributed by atoms with Gasteiger partial charge in [0.2, 0.25) is 0 Å². The first-order chi connectivity index (χ1) is 13.4. The van der Waals surface area contributed by atoms with Gasteiger partial charge in [-0.25, -0.2) is 0 Å². The van der Waals surface area contributed by atoms with Crippen LogP contribution in [0.5, 0.6) is 0 Å². The van der Waals surface area contributed by atoms with Crippen LogP contribution in [0.2, 0.25) is 0 Å². The zero-order valence-electron chi connectivity index (χ0n) is 18.1. The second-order valence-electron chi connectivity index (χ2n) is 9.89. The van der Waals surface area contributed by atoms with E-state index >= 15 is 0 Å². The van der Waals surface area contributed by atoms with E-state index in [1.54, 1.807) is 0 Å². The maximum Gasteiger partial charge on any atom is 0.0900 e. The molecule has 158 valence electrons. The first kappa shape index (κ1) is 21.8. The van der Waals surface area contributed by atoms with Crippen molar-refractivity contribution in [1.82, 2.24) is 9.80 Å². The smallest absolute Gasteiger partial charge is 0.0900 e. The summed E-state index contributed by atoms with van der Waals surface area (Å²) >= 11 is 0. The molecule has 3 rings (SSSR count). The van der Waals surface area contributed by atoms with Crippen LogP contribution >= 0.6 is 0 Å². The van der Waals surface area contributed by atoms with Crippen LogP contribution in [0.4, 0.5) is 0 Å². The third-order valence-electron chi connectivity index (χ3n) is 6.61. The summed E-state index contributed by atoms with van der Waals surface area (Å²) in [4.78, 5) is 4.88. The zero-order valence-corrected chi connectivity index (χ0v) is 18.1. The summed E-state index contributed by atoms with van der Waals surface area (Å²) in [7, 11) is 0. The maximum absolute atomic E-state index is 10.4. The Kier molecular flexibility index (Phi) is 7.93. The number of benzene rings is 1. The number of aliphatic hydroxyl groups is 1. The van der Waals surface area contributed by atoms with Crippen LogP contribution in [0.3, 0.4) is 0 Å². The van der Waals surface area contributed by atoms with E-state index in [2.05, 4.69) is 60.9 Å². The lowest BCUT2D eigenvalue weighted by atomic mass is 9.72. The van der Waals surface area contributed by atoms with Crippen LogP contribution in [0, 0.1) is 11.3 Å². The molecule has 0 bridgehead atoms. The molecule has 1 heterocycles. The summed E-state index contributed by atoms with van der Waals surface area (Å²) in [5.41, 5.74) is 1.79. The van der Waals surface area contributed by atoms with Gasteiger partial charge in [0.25, 0.3) is 0 Å². The molecule has 2 aliphatic rings. The molecule has 0 spiro atoms. The monoisotopic (exact) mass is 388 g/mol. The zero-order chi connectivity index (χ0) is 20.0. The molecule has 1 aliphatic carbocycles. The molecule has 2 fully saturated rings. The van der Waals surface area contributed by atoms with Gasteiger partial charge < -0.3 is 9.84 Å². The molecule has 1 saturated heterocycles. The Labute approximate surface area is 171 Å². The minimum Gasteiger partial charge on any atom is -0.389 e.